The molecule has 5 aromatic rings. The van der Waals surface area contributed by atoms with E-state index < -0.39 is 6.29 Å². The minimum absolute atomic E-state index is 0.00830. The van der Waals surface area contributed by atoms with Gasteiger partial charge in [-0.05, 0) is 54.9 Å². The predicted octanol–water partition coefficient (Wildman–Crippen LogP) is 6.61. The van der Waals surface area contributed by atoms with Crippen LogP contribution in [0, 0.1) is 0 Å². The normalized spacial score (nSPS) is 19.1. The summed E-state index contributed by atoms with van der Waals surface area (Å²) in [4.78, 5) is 24.2. The van der Waals surface area contributed by atoms with Gasteiger partial charge in [-0.15, -0.1) is 0 Å². The van der Waals surface area contributed by atoms with Crippen LogP contribution >= 0.6 is 0 Å². The van der Waals surface area contributed by atoms with Crippen molar-refractivity contribution in [1.29, 1.82) is 0 Å². The minimum atomic E-state index is -0.644. The van der Waals surface area contributed by atoms with Crippen LogP contribution in [0.1, 0.15) is 64.5 Å². The second-order valence-corrected chi connectivity index (χ2v) is 11.2. The molecular weight excluding hydrogens is 552 g/mol. The number of aromatic nitrogens is 2. The van der Waals surface area contributed by atoms with E-state index in [1.54, 1.807) is 0 Å². The molecule has 6 rings (SSSR count). The number of para-hydroxylation sites is 2. The van der Waals surface area contributed by atoms with Gasteiger partial charge in [0.05, 0.1) is 36.0 Å². The smallest absolute Gasteiger partial charge is 0.275 e. The molecule has 0 bridgehead atoms. The Kier molecular flexibility index (Phi) is 9.04. The average Bonchev–Trinajstić information content (AvgIpc) is 3.08. The third-order valence-electron chi connectivity index (χ3n) is 8.15. The summed E-state index contributed by atoms with van der Waals surface area (Å²) in [5.74, 6) is -0.345. The Balaban J connectivity index is 1.22. The fourth-order valence-electron chi connectivity index (χ4n) is 5.52. The van der Waals surface area contributed by atoms with Gasteiger partial charge in [0, 0.05) is 30.3 Å². The van der Waals surface area contributed by atoms with Crippen molar-refractivity contribution >= 4 is 22.6 Å². The molecule has 0 aliphatic carbocycles. The van der Waals surface area contributed by atoms with Gasteiger partial charge in [0.1, 0.15) is 5.69 Å². The van der Waals surface area contributed by atoms with E-state index in [-0.39, 0.29) is 36.5 Å². The molecule has 0 saturated carbocycles. The fourth-order valence-corrected chi connectivity index (χ4v) is 5.52. The van der Waals surface area contributed by atoms with Crippen molar-refractivity contribution in [2.24, 2.45) is 0 Å². The van der Waals surface area contributed by atoms with E-state index in [0.717, 1.165) is 22.2 Å². The standard InChI is InChI=1S/C36H36N4O4/c1-24(26-9-4-3-5-10-26)40(2)22-30-20-34(27-17-15-25(23-41)16-18-27)44-36(43-30)28-11-8-12-29(19-28)38-35(42)33-21-37-31-13-6-7-14-32(31)39-33/h3-19,21,24,30,34,36,41H,20,22-23H2,1-2H3,(H,38,42)/t24-,30+,34-,36-/m0/s1. The summed E-state index contributed by atoms with van der Waals surface area (Å²) in [6.45, 7) is 2.90. The molecule has 1 saturated heterocycles. The number of carbonyl (C=O) groups excluding carboxylic acids is 1. The van der Waals surface area contributed by atoms with Crippen LogP contribution in [0.3, 0.4) is 0 Å². The van der Waals surface area contributed by atoms with Gasteiger partial charge >= 0.3 is 0 Å². The summed E-state index contributed by atoms with van der Waals surface area (Å²) in [5.41, 5.74) is 6.16. The van der Waals surface area contributed by atoms with Crippen molar-refractivity contribution in [3.8, 4) is 0 Å². The van der Waals surface area contributed by atoms with Crippen molar-refractivity contribution in [2.75, 3.05) is 18.9 Å². The van der Waals surface area contributed by atoms with Crippen LogP contribution in [-0.4, -0.2) is 45.6 Å². The number of ether oxygens (including phenoxy) is 2. The lowest BCUT2D eigenvalue weighted by Gasteiger charge is -2.39. The average molecular weight is 589 g/mol. The van der Waals surface area contributed by atoms with Crippen molar-refractivity contribution in [1.82, 2.24) is 14.9 Å². The van der Waals surface area contributed by atoms with Gasteiger partial charge in [-0.3, -0.25) is 14.7 Å². The van der Waals surface area contributed by atoms with Crippen molar-refractivity contribution in [3.63, 3.8) is 0 Å². The van der Waals surface area contributed by atoms with Gasteiger partial charge < -0.3 is 19.9 Å². The Bertz CT molecular complexity index is 1710. The zero-order valence-corrected chi connectivity index (χ0v) is 24.8. The molecule has 8 heteroatoms. The number of amides is 1. The molecule has 4 atom stereocenters. The monoisotopic (exact) mass is 588 g/mol. The maximum absolute atomic E-state index is 13.1. The van der Waals surface area contributed by atoms with Gasteiger partial charge in [-0.25, -0.2) is 4.98 Å². The van der Waals surface area contributed by atoms with Crippen molar-refractivity contribution in [2.45, 2.75) is 44.5 Å². The Morgan fingerprint density at radius 3 is 2.45 bits per heavy atom. The van der Waals surface area contributed by atoms with Crippen LogP contribution in [0.5, 0.6) is 0 Å². The maximum atomic E-state index is 13.1. The molecular formula is C36H36N4O4. The number of fused-ring (bicyclic) bond motifs is 1. The topological polar surface area (TPSA) is 96.8 Å². The van der Waals surface area contributed by atoms with Crippen LogP contribution < -0.4 is 5.32 Å². The van der Waals surface area contributed by atoms with E-state index in [1.807, 2.05) is 78.9 Å². The molecule has 8 nitrogen and oxygen atoms in total. The molecule has 1 fully saturated rings. The third kappa shape index (κ3) is 6.85. The Labute approximate surface area is 257 Å². The fraction of sp³-hybridized carbons (Fsp3) is 0.250. The SMILES string of the molecule is C[C@@H](c1ccccc1)N(C)C[C@H]1C[C@@H](c2ccc(CO)cc2)O[C@@H](c2cccc(NC(=O)c3cnc4ccccc4n3)c2)O1. The largest absolute Gasteiger partial charge is 0.392 e. The van der Waals surface area contributed by atoms with Gasteiger partial charge in [0.2, 0.25) is 0 Å². The molecule has 0 unspecified atom stereocenters. The van der Waals surface area contributed by atoms with E-state index in [2.05, 4.69) is 58.4 Å². The summed E-state index contributed by atoms with van der Waals surface area (Å²) in [7, 11) is 2.11. The number of nitrogens with zero attached hydrogens (tertiary/aromatic N) is 3. The predicted molar refractivity (Wildman–Crippen MR) is 170 cm³/mol. The molecule has 44 heavy (non-hydrogen) atoms. The van der Waals surface area contributed by atoms with E-state index in [0.29, 0.717) is 24.2 Å². The summed E-state index contributed by atoms with van der Waals surface area (Å²) >= 11 is 0. The first-order valence-electron chi connectivity index (χ1n) is 14.9. The number of aliphatic hydroxyl groups is 1. The molecule has 4 aromatic carbocycles. The summed E-state index contributed by atoms with van der Waals surface area (Å²) in [6.07, 6.45) is 1.20. The number of nitrogens with one attached hydrogen (secondary N) is 1. The highest BCUT2D eigenvalue weighted by atomic mass is 16.7. The van der Waals surface area contributed by atoms with Crippen LogP contribution in [0.2, 0.25) is 0 Å². The van der Waals surface area contributed by atoms with Gasteiger partial charge in [-0.1, -0.05) is 78.9 Å². The van der Waals surface area contributed by atoms with Crippen molar-refractivity contribution < 1.29 is 19.4 Å². The Morgan fingerprint density at radius 1 is 0.932 bits per heavy atom. The third-order valence-corrected chi connectivity index (χ3v) is 8.15. The van der Waals surface area contributed by atoms with Gasteiger partial charge in [0.25, 0.3) is 5.91 Å². The number of carbonyl (C=O) groups is 1. The Hall–Kier alpha value is -4.47. The molecule has 0 radical (unpaired) electrons. The highest BCUT2D eigenvalue weighted by molar-refractivity contribution is 6.03. The molecule has 1 aliphatic heterocycles. The quantitative estimate of drug-likeness (QED) is 0.200. The van der Waals surface area contributed by atoms with Crippen LogP contribution in [0.25, 0.3) is 11.0 Å². The van der Waals surface area contributed by atoms with Gasteiger partial charge in [0.15, 0.2) is 6.29 Å². The van der Waals surface area contributed by atoms with E-state index in [9.17, 15) is 9.90 Å². The van der Waals surface area contributed by atoms with Crippen LogP contribution in [0.15, 0.2) is 109 Å². The van der Waals surface area contributed by atoms with E-state index in [4.69, 9.17) is 9.47 Å². The summed E-state index contributed by atoms with van der Waals surface area (Å²) in [6, 6.07) is 33.5. The first-order chi connectivity index (χ1) is 21.5. The zero-order chi connectivity index (χ0) is 30.5. The van der Waals surface area contributed by atoms with Crippen LogP contribution in [0.4, 0.5) is 5.69 Å². The highest BCUT2D eigenvalue weighted by Gasteiger charge is 2.33. The number of anilines is 1. The second kappa shape index (κ2) is 13.4. The van der Waals surface area contributed by atoms with Crippen LogP contribution in [-0.2, 0) is 16.1 Å². The molecule has 1 aliphatic rings. The lowest BCUT2D eigenvalue weighted by Crippen LogP contribution is -2.38. The van der Waals surface area contributed by atoms with Crippen molar-refractivity contribution in [3.05, 3.63) is 137 Å². The number of hydrogen-bond acceptors (Lipinski definition) is 7. The lowest BCUT2D eigenvalue weighted by atomic mass is 9.99. The van der Waals surface area contributed by atoms with E-state index in [1.165, 1.54) is 11.8 Å². The maximum Gasteiger partial charge on any atom is 0.275 e. The zero-order valence-electron chi connectivity index (χ0n) is 24.8. The molecule has 2 N–H and O–H groups in total. The summed E-state index contributed by atoms with van der Waals surface area (Å²) < 4.78 is 13.1. The summed E-state index contributed by atoms with van der Waals surface area (Å²) in [5, 5.41) is 12.5. The number of hydrogen-bond donors (Lipinski definition) is 2. The van der Waals surface area contributed by atoms with Gasteiger partial charge in [-0.2, -0.15) is 0 Å². The number of benzene rings is 4. The number of likely N-dealkylation sites (N-methyl/N-ethyl adjacent to an activating group) is 1. The first-order valence-corrected chi connectivity index (χ1v) is 14.9. The highest BCUT2D eigenvalue weighted by Crippen LogP contribution is 2.39. The Morgan fingerprint density at radius 2 is 1.68 bits per heavy atom. The second-order valence-electron chi connectivity index (χ2n) is 11.2. The minimum Gasteiger partial charge on any atom is -0.392 e. The lowest BCUT2D eigenvalue weighted by molar-refractivity contribution is -0.253. The molecule has 1 aromatic heterocycles. The number of aliphatic hydroxyl groups excluding tert-OH is 1. The molecule has 1 amide bonds. The first kappa shape index (κ1) is 29.6. The molecule has 0 spiro atoms. The molecule has 224 valence electrons. The molecule has 2 heterocycles. The van der Waals surface area contributed by atoms with E-state index >= 15 is 0 Å². The number of rotatable bonds is 9.